The molecule has 0 aromatic heterocycles. The lowest BCUT2D eigenvalue weighted by atomic mass is 10.1. The molecule has 0 spiro atoms. The Bertz CT molecular complexity index is 222. The zero-order valence-corrected chi connectivity index (χ0v) is 6.68. The van der Waals surface area contributed by atoms with E-state index < -0.39 is 12.7 Å². The van der Waals surface area contributed by atoms with Crippen LogP contribution in [-0.4, -0.2) is 6.67 Å². The van der Waals surface area contributed by atoms with Gasteiger partial charge in [-0.05, 0) is 17.7 Å². The van der Waals surface area contributed by atoms with Crippen molar-refractivity contribution >= 4 is 11.6 Å². The van der Waals surface area contributed by atoms with Gasteiger partial charge >= 0.3 is 0 Å². The van der Waals surface area contributed by atoms with Gasteiger partial charge < -0.3 is 5.73 Å². The molecule has 2 N–H and O–H groups in total. The van der Waals surface area contributed by atoms with E-state index in [1.54, 1.807) is 24.3 Å². The summed E-state index contributed by atoms with van der Waals surface area (Å²) in [4.78, 5) is 0. The van der Waals surface area contributed by atoms with E-state index in [1.807, 2.05) is 0 Å². The summed E-state index contributed by atoms with van der Waals surface area (Å²) in [5.74, 6) is 0. The Balaban J connectivity index is 2.81. The molecule has 0 aliphatic carbocycles. The Morgan fingerprint density at radius 1 is 1.36 bits per heavy atom. The third kappa shape index (κ3) is 2.17. The number of halogens is 2. The van der Waals surface area contributed by atoms with Crippen LogP contribution in [-0.2, 0) is 0 Å². The molecule has 0 saturated heterocycles. The summed E-state index contributed by atoms with van der Waals surface area (Å²) in [5, 5.41) is 0.639. The molecule has 1 nitrogen and oxygen atoms in total. The predicted molar refractivity (Wildman–Crippen MR) is 44.4 cm³/mol. The van der Waals surface area contributed by atoms with E-state index in [1.165, 1.54) is 0 Å². The highest BCUT2D eigenvalue weighted by molar-refractivity contribution is 6.30. The maximum atomic E-state index is 12.0. The molecule has 60 valence electrons. The average Bonchev–Trinajstić information content (AvgIpc) is 2.05. The Morgan fingerprint density at radius 2 is 1.91 bits per heavy atom. The fourth-order valence-corrected chi connectivity index (χ4v) is 0.925. The molecular formula is C8H9ClFN. The number of hydrogen-bond donors (Lipinski definition) is 1. The standard InChI is InChI=1S/C8H9ClFN/c9-7-3-1-6(2-4-7)8(11)5-10/h1-4,8H,5,11H2/t8-/m1/s1. The van der Waals surface area contributed by atoms with Gasteiger partial charge in [-0.3, -0.25) is 0 Å². The topological polar surface area (TPSA) is 26.0 Å². The van der Waals surface area contributed by atoms with Crippen LogP contribution in [0.4, 0.5) is 4.39 Å². The summed E-state index contributed by atoms with van der Waals surface area (Å²) in [5.41, 5.74) is 6.20. The van der Waals surface area contributed by atoms with Gasteiger partial charge in [-0.15, -0.1) is 0 Å². The Hall–Kier alpha value is -0.600. The van der Waals surface area contributed by atoms with Gasteiger partial charge in [0.05, 0.1) is 6.04 Å². The van der Waals surface area contributed by atoms with Crippen LogP contribution in [0.15, 0.2) is 24.3 Å². The third-order valence-corrected chi connectivity index (χ3v) is 1.72. The van der Waals surface area contributed by atoms with Crippen molar-refractivity contribution in [1.82, 2.24) is 0 Å². The zero-order chi connectivity index (χ0) is 8.27. The second-order valence-corrected chi connectivity index (χ2v) is 2.75. The third-order valence-electron chi connectivity index (χ3n) is 1.46. The SMILES string of the molecule is N[C@H](CF)c1ccc(Cl)cc1. The largest absolute Gasteiger partial charge is 0.322 e. The van der Waals surface area contributed by atoms with Crippen LogP contribution in [0, 0.1) is 0 Å². The van der Waals surface area contributed by atoms with Crippen molar-refractivity contribution in [2.75, 3.05) is 6.67 Å². The smallest absolute Gasteiger partial charge is 0.109 e. The van der Waals surface area contributed by atoms with E-state index in [0.29, 0.717) is 5.02 Å². The fourth-order valence-electron chi connectivity index (χ4n) is 0.799. The van der Waals surface area contributed by atoms with E-state index in [4.69, 9.17) is 17.3 Å². The maximum absolute atomic E-state index is 12.0. The number of nitrogens with two attached hydrogens (primary N) is 1. The highest BCUT2D eigenvalue weighted by atomic mass is 35.5. The van der Waals surface area contributed by atoms with Crippen molar-refractivity contribution < 1.29 is 4.39 Å². The Morgan fingerprint density at radius 3 is 2.36 bits per heavy atom. The van der Waals surface area contributed by atoms with Gasteiger partial charge in [0.2, 0.25) is 0 Å². The van der Waals surface area contributed by atoms with E-state index in [9.17, 15) is 4.39 Å². The lowest BCUT2D eigenvalue weighted by Crippen LogP contribution is -2.11. The van der Waals surface area contributed by atoms with Crippen molar-refractivity contribution in [2.45, 2.75) is 6.04 Å². The van der Waals surface area contributed by atoms with Crippen molar-refractivity contribution in [3.63, 3.8) is 0 Å². The number of benzene rings is 1. The number of hydrogen-bond acceptors (Lipinski definition) is 1. The van der Waals surface area contributed by atoms with Gasteiger partial charge in [0, 0.05) is 5.02 Å². The van der Waals surface area contributed by atoms with Crippen molar-refractivity contribution in [3.8, 4) is 0 Å². The first-order chi connectivity index (χ1) is 5.24. The summed E-state index contributed by atoms with van der Waals surface area (Å²) in [6.07, 6.45) is 0. The number of alkyl halides is 1. The second-order valence-electron chi connectivity index (χ2n) is 2.31. The minimum atomic E-state index is -0.540. The molecule has 1 rings (SSSR count). The van der Waals surface area contributed by atoms with Gasteiger partial charge in [-0.2, -0.15) is 0 Å². The van der Waals surface area contributed by atoms with Crippen LogP contribution < -0.4 is 5.73 Å². The first-order valence-electron chi connectivity index (χ1n) is 3.31. The van der Waals surface area contributed by atoms with Crippen LogP contribution in [0.2, 0.25) is 5.02 Å². The normalized spacial score (nSPS) is 13.0. The lowest BCUT2D eigenvalue weighted by molar-refractivity contribution is 0.437. The molecule has 0 aliphatic rings. The summed E-state index contributed by atoms with van der Waals surface area (Å²) in [6, 6.07) is 6.34. The highest BCUT2D eigenvalue weighted by Crippen LogP contribution is 2.14. The van der Waals surface area contributed by atoms with Crippen molar-refractivity contribution in [3.05, 3.63) is 34.9 Å². The minimum absolute atomic E-state index is 0.521. The first kappa shape index (κ1) is 8.50. The van der Waals surface area contributed by atoms with Crippen LogP contribution >= 0.6 is 11.6 Å². The van der Waals surface area contributed by atoms with Gasteiger partial charge in [0.1, 0.15) is 6.67 Å². The summed E-state index contributed by atoms with van der Waals surface area (Å²) >= 11 is 5.62. The lowest BCUT2D eigenvalue weighted by Gasteiger charge is -2.05. The highest BCUT2D eigenvalue weighted by Gasteiger charge is 2.03. The quantitative estimate of drug-likeness (QED) is 0.730. The molecule has 1 aromatic carbocycles. The average molecular weight is 174 g/mol. The minimum Gasteiger partial charge on any atom is -0.322 e. The van der Waals surface area contributed by atoms with Gasteiger partial charge in [0.15, 0.2) is 0 Å². The molecule has 1 aromatic rings. The molecule has 3 heteroatoms. The molecule has 0 fully saturated rings. The van der Waals surface area contributed by atoms with E-state index >= 15 is 0 Å². The Kier molecular flexibility index (Phi) is 2.85. The predicted octanol–water partition coefficient (Wildman–Crippen LogP) is 2.31. The molecule has 0 aliphatic heterocycles. The first-order valence-corrected chi connectivity index (χ1v) is 3.69. The van der Waals surface area contributed by atoms with Crippen LogP contribution in [0.5, 0.6) is 0 Å². The molecule has 0 heterocycles. The van der Waals surface area contributed by atoms with E-state index in [2.05, 4.69) is 0 Å². The van der Waals surface area contributed by atoms with Gasteiger partial charge in [0.25, 0.3) is 0 Å². The van der Waals surface area contributed by atoms with Crippen molar-refractivity contribution in [2.24, 2.45) is 5.73 Å². The van der Waals surface area contributed by atoms with E-state index in [0.717, 1.165) is 5.56 Å². The molecule has 11 heavy (non-hydrogen) atoms. The van der Waals surface area contributed by atoms with Crippen LogP contribution in [0.1, 0.15) is 11.6 Å². The molecule has 0 radical (unpaired) electrons. The maximum Gasteiger partial charge on any atom is 0.109 e. The fraction of sp³-hybridized carbons (Fsp3) is 0.250. The summed E-state index contributed by atoms with van der Waals surface area (Å²) in [7, 11) is 0. The molecule has 0 saturated carbocycles. The van der Waals surface area contributed by atoms with E-state index in [-0.39, 0.29) is 0 Å². The molecule has 0 unspecified atom stereocenters. The Labute approximate surface area is 70.0 Å². The van der Waals surface area contributed by atoms with Crippen LogP contribution in [0.25, 0.3) is 0 Å². The second kappa shape index (κ2) is 3.69. The van der Waals surface area contributed by atoms with Gasteiger partial charge in [-0.25, -0.2) is 4.39 Å². The molecule has 0 bridgehead atoms. The summed E-state index contributed by atoms with van der Waals surface area (Å²) < 4.78 is 12.0. The summed E-state index contributed by atoms with van der Waals surface area (Å²) in [6.45, 7) is -0.540. The monoisotopic (exact) mass is 173 g/mol. The van der Waals surface area contributed by atoms with Crippen LogP contribution in [0.3, 0.4) is 0 Å². The molecular weight excluding hydrogens is 165 g/mol. The van der Waals surface area contributed by atoms with Crippen molar-refractivity contribution in [1.29, 1.82) is 0 Å². The zero-order valence-electron chi connectivity index (χ0n) is 5.93. The molecule has 1 atom stereocenters. The number of rotatable bonds is 2. The molecule has 0 amide bonds. The van der Waals surface area contributed by atoms with Gasteiger partial charge in [-0.1, -0.05) is 23.7 Å².